The highest BCUT2D eigenvalue weighted by molar-refractivity contribution is 4.65. The van der Waals surface area contributed by atoms with E-state index in [9.17, 15) is 0 Å². The second kappa shape index (κ2) is 3.97. The highest BCUT2D eigenvalue weighted by atomic mass is 16.5. The van der Waals surface area contributed by atoms with Crippen LogP contribution in [0.5, 0.6) is 0 Å². The Hall–Kier alpha value is -0.0400. The van der Waals surface area contributed by atoms with Gasteiger partial charge in [-0.2, -0.15) is 0 Å². The summed E-state index contributed by atoms with van der Waals surface area (Å²) in [5.41, 5.74) is 0.0737. The molecule has 1 nitrogen and oxygen atoms in total. The Morgan fingerprint density at radius 2 is 1.80 bits per heavy atom. The predicted molar refractivity (Wildman–Crippen MR) is 45.2 cm³/mol. The molecular weight excluding hydrogens is 124 g/mol. The normalized spacial score (nSPS) is 12.6. The summed E-state index contributed by atoms with van der Waals surface area (Å²) in [6.07, 6.45) is 1.08. The van der Waals surface area contributed by atoms with Crippen molar-refractivity contribution < 1.29 is 4.74 Å². The minimum Gasteiger partial charge on any atom is -0.375 e. The molecule has 0 fully saturated rings. The Morgan fingerprint density at radius 1 is 1.30 bits per heavy atom. The van der Waals surface area contributed by atoms with Crippen molar-refractivity contribution in [3.8, 4) is 0 Å². The van der Waals surface area contributed by atoms with E-state index in [0.29, 0.717) is 5.92 Å². The van der Waals surface area contributed by atoms with E-state index in [1.54, 1.807) is 0 Å². The van der Waals surface area contributed by atoms with Gasteiger partial charge in [-0.25, -0.2) is 0 Å². The minimum absolute atomic E-state index is 0.0737. The molecule has 0 amide bonds. The van der Waals surface area contributed by atoms with Crippen molar-refractivity contribution in [1.82, 2.24) is 0 Å². The molecule has 0 aliphatic rings. The van der Waals surface area contributed by atoms with Crippen LogP contribution in [0.2, 0.25) is 0 Å². The molecule has 0 aromatic carbocycles. The predicted octanol–water partition coefficient (Wildman–Crippen LogP) is 2.85. The zero-order valence-corrected chi connectivity index (χ0v) is 7.90. The molecule has 0 aromatic heterocycles. The van der Waals surface area contributed by atoms with Gasteiger partial charge in [-0.1, -0.05) is 20.8 Å². The molecule has 0 radical (unpaired) electrons. The van der Waals surface area contributed by atoms with E-state index in [-0.39, 0.29) is 5.60 Å². The van der Waals surface area contributed by atoms with E-state index in [1.807, 2.05) is 0 Å². The highest BCUT2D eigenvalue weighted by Crippen LogP contribution is 2.14. The van der Waals surface area contributed by atoms with E-state index < -0.39 is 0 Å². The largest absolute Gasteiger partial charge is 0.375 e. The van der Waals surface area contributed by atoms with Crippen molar-refractivity contribution in [2.24, 2.45) is 5.92 Å². The van der Waals surface area contributed by atoms with Crippen molar-refractivity contribution in [2.75, 3.05) is 6.61 Å². The topological polar surface area (TPSA) is 9.23 Å². The van der Waals surface area contributed by atoms with Gasteiger partial charge in [0.2, 0.25) is 0 Å². The molecule has 0 saturated heterocycles. The van der Waals surface area contributed by atoms with Gasteiger partial charge in [-0.15, -0.1) is 0 Å². The second-order valence-electron chi connectivity index (χ2n) is 3.82. The average molecular weight is 144 g/mol. The second-order valence-corrected chi connectivity index (χ2v) is 3.82. The van der Waals surface area contributed by atoms with Crippen LogP contribution in [-0.4, -0.2) is 12.2 Å². The lowest BCUT2D eigenvalue weighted by atomic mass is 10.1. The monoisotopic (exact) mass is 144 g/mol. The maximum Gasteiger partial charge on any atom is 0.0624 e. The van der Waals surface area contributed by atoms with E-state index >= 15 is 0 Å². The van der Waals surface area contributed by atoms with Gasteiger partial charge < -0.3 is 4.74 Å². The number of hydrogen-bond donors (Lipinski definition) is 0. The van der Waals surface area contributed by atoms with E-state index in [4.69, 9.17) is 4.74 Å². The Balaban J connectivity index is 3.46. The summed E-state index contributed by atoms with van der Waals surface area (Å²) >= 11 is 0. The molecule has 10 heavy (non-hydrogen) atoms. The Bertz CT molecular complexity index is 84.7. The molecule has 0 aromatic rings. The van der Waals surface area contributed by atoms with Crippen LogP contribution in [0.4, 0.5) is 0 Å². The number of ether oxygens (including phenoxy) is 1. The van der Waals surface area contributed by atoms with Gasteiger partial charge in [0.25, 0.3) is 0 Å². The summed E-state index contributed by atoms with van der Waals surface area (Å²) in [6.45, 7) is 11.6. The Kier molecular flexibility index (Phi) is 3.95. The van der Waals surface area contributed by atoms with Crippen LogP contribution in [0.25, 0.3) is 0 Å². The van der Waals surface area contributed by atoms with Crippen molar-refractivity contribution >= 4 is 0 Å². The third-order valence-electron chi connectivity index (χ3n) is 1.66. The van der Waals surface area contributed by atoms with Crippen LogP contribution in [0.1, 0.15) is 41.0 Å². The first-order valence-electron chi connectivity index (χ1n) is 4.12. The first-order valence-corrected chi connectivity index (χ1v) is 4.12. The lowest BCUT2D eigenvalue weighted by Crippen LogP contribution is -2.25. The Morgan fingerprint density at radius 3 is 2.10 bits per heavy atom. The van der Waals surface area contributed by atoms with Gasteiger partial charge in [0.1, 0.15) is 0 Å². The molecule has 0 bridgehead atoms. The van der Waals surface area contributed by atoms with Crippen LogP contribution in [0, 0.1) is 5.92 Å². The third kappa shape index (κ3) is 4.80. The van der Waals surface area contributed by atoms with Gasteiger partial charge in [0, 0.05) is 6.61 Å². The zero-order valence-electron chi connectivity index (χ0n) is 7.90. The van der Waals surface area contributed by atoms with Crippen LogP contribution in [0.15, 0.2) is 0 Å². The molecule has 0 N–H and O–H groups in total. The quantitative estimate of drug-likeness (QED) is 0.589. The van der Waals surface area contributed by atoms with E-state index in [2.05, 4.69) is 34.6 Å². The molecule has 0 spiro atoms. The minimum atomic E-state index is 0.0737. The first kappa shape index (κ1) is 9.96. The summed E-state index contributed by atoms with van der Waals surface area (Å²) in [5, 5.41) is 0. The van der Waals surface area contributed by atoms with Gasteiger partial charge in [0.15, 0.2) is 0 Å². The number of rotatable bonds is 4. The zero-order chi connectivity index (χ0) is 8.20. The highest BCUT2D eigenvalue weighted by Gasteiger charge is 2.14. The Labute approximate surface area is 64.8 Å². The summed E-state index contributed by atoms with van der Waals surface area (Å²) in [5.74, 6) is 0.644. The van der Waals surface area contributed by atoms with Crippen LogP contribution in [0.3, 0.4) is 0 Å². The van der Waals surface area contributed by atoms with Crippen molar-refractivity contribution in [1.29, 1.82) is 0 Å². The molecule has 0 aliphatic heterocycles. The molecular formula is C9H20O. The molecule has 0 heterocycles. The van der Waals surface area contributed by atoms with Crippen molar-refractivity contribution in [3.63, 3.8) is 0 Å². The van der Waals surface area contributed by atoms with Crippen molar-refractivity contribution in [3.05, 3.63) is 0 Å². The van der Waals surface area contributed by atoms with Gasteiger partial charge >= 0.3 is 0 Å². The van der Waals surface area contributed by atoms with E-state index in [0.717, 1.165) is 13.0 Å². The van der Waals surface area contributed by atoms with Gasteiger partial charge in [0.05, 0.1) is 5.60 Å². The summed E-state index contributed by atoms with van der Waals surface area (Å²) in [6, 6.07) is 0. The molecule has 0 unspecified atom stereocenters. The lowest BCUT2D eigenvalue weighted by molar-refractivity contribution is -0.0327. The number of hydrogen-bond acceptors (Lipinski definition) is 1. The average Bonchev–Trinajstić information content (AvgIpc) is 1.85. The van der Waals surface area contributed by atoms with Crippen molar-refractivity contribution in [2.45, 2.75) is 46.6 Å². The summed E-state index contributed by atoms with van der Waals surface area (Å²) in [4.78, 5) is 0. The fraction of sp³-hybridized carbons (Fsp3) is 1.00. The van der Waals surface area contributed by atoms with Crippen LogP contribution in [-0.2, 0) is 4.74 Å². The fourth-order valence-electron chi connectivity index (χ4n) is 0.494. The van der Waals surface area contributed by atoms with Crippen LogP contribution >= 0.6 is 0 Å². The SMILES string of the molecule is CCC(C)(C)OCC(C)C. The molecule has 1 heteroatoms. The molecule has 0 atom stereocenters. The maximum atomic E-state index is 5.64. The molecule has 62 valence electrons. The van der Waals surface area contributed by atoms with Gasteiger partial charge in [-0.05, 0) is 26.2 Å². The first-order chi connectivity index (χ1) is 4.48. The van der Waals surface area contributed by atoms with Gasteiger partial charge in [-0.3, -0.25) is 0 Å². The summed E-state index contributed by atoms with van der Waals surface area (Å²) < 4.78 is 5.64. The lowest BCUT2D eigenvalue weighted by Gasteiger charge is -2.24. The standard InChI is InChI=1S/C9H20O/c1-6-9(4,5)10-7-8(2)3/h8H,6-7H2,1-5H3. The molecule has 0 rings (SSSR count). The molecule has 0 aliphatic carbocycles. The van der Waals surface area contributed by atoms with E-state index in [1.165, 1.54) is 0 Å². The third-order valence-corrected chi connectivity index (χ3v) is 1.66. The van der Waals surface area contributed by atoms with Crippen LogP contribution < -0.4 is 0 Å². The smallest absolute Gasteiger partial charge is 0.0624 e. The maximum absolute atomic E-state index is 5.64. The molecule has 0 saturated carbocycles. The summed E-state index contributed by atoms with van der Waals surface area (Å²) in [7, 11) is 0. The fourth-order valence-corrected chi connectivity index (χ4v) is 0.494.